The number of carbonyl (C=O) groups is 2. The highest BCUT2D eigenvalue weighted by atomic mass is 32.2. The predicted octanol–water partition coefficient (Wildman–Crippen LogP) is 3.13. The Morgan fingerprint density at radius 2 is 2.04 bits per heavy atom. The number of likely N-dealkylation sites (N-methyl/N-ethyl adjacent to an activating group) is 1. The molecule has 0 bridgehead atoms. The Hall–Kier alpha value is -2.72. The second-order valence-corrected chi connectivity index (χ2v) is 7.32. The second-order valence-electron chi connectivity index (χ2n) is 5.44. The van der Waals surface area contributed by atoms with Crippen LogP contribution in [0.15, 0.2) is 51.4 Å². The molecule has 0 saturated heterocycles. The highest BCUT2D eigenvalue weighted by molar-refractivity contribution is 7.99. The van der Waals surface area contributed by atoms with Crippen molar-refractivity contribution in [2.24, 2.45) is 0 Å². The molecule has 3 rings (SSSR count). The Balaban J connectivity index is 1.46. The third kappa shape index (κ3) is 5.38. The van der Waals surface area contributed by atoms with Gasteiger partial charge in [-0.15, -0.1) is 21.5 Å². The second kappa shape index (κ2) is 8.78. The van der Waals surface area contributed by atoms with E-state index in [1.54, 1.807) is 0 Å². The van der Waals surface area contributed by atoms with Crippen LogP contribution in [0.5, 0.6) is 0 Å². The Bertz CT molecular complexity index is 913. The Labute approximate surface area is 162 Å². The number of hydrogen-bond acceptors (Lipinski definition) is 7. The molecule has 1 N–H and O–H groups in total. The van der Waals surface area contributed by atoms with Gasteiger partial charge in [-0.25, -0.2) is 4.39 Å². The van der Waals surface area contributed by atoms with E-state index < -0.39 is 0 Å². The molecule has 7 nitrogen and oxygen atoms in total. The van der Waals surface area contributed by atoms with Gasteiger partial charge in [0.1, 0.15) is 5.82 Å². The van der Waals surface area contributed by atoms with Gasteiger partial charge in [-0.05, 0) is 35.7 Å². The van der Waals surface area contributed by atoms with Gasteiger partial charge in [-0.1, -0.05) is 17.8 Å². The number of carbonyl (C=O) groups excluding carboxylic acids is 2. The van der Waals surface area contributed by atoms with Crippen LogP contribution in [0.2, 0.25) is 0 Å². The number of nitrogens with one attached hydrogen (secondary N) is 1. The first-order chi connectivity index (χ1) is 13.0. The maximum Gasteiger partial charge on any atom is 0.277 e. The summed E-state index contributed by atoms with van der Waals surface area (Å²) in [7, 11) is 1.53. The van der Waals surface area contributed by atoms with Crippen LogP contribution in [0.1, 0.15) is 0 Å². The van der Waals surface area contributed by atoms with E-state index in [9.17, 15) is 14.0 Å². The molecule has 0 aliphatic rings. The van der Waals surface area contributed by atoms with Crippen LogP contribution < -0.4 is 5.32 Å². The Morgan fingerprint density at radius 1 is 1.26 bits per heavy atom. The van der Waals surface area contributed by atoms with E-state index in [0.29, 0.717) is 11.6 Å². The molecule has 0 aliphatic carbocycles. The minimum atomic E-state index is -0.388. The molecule has 0 aliphatic heterocycles. The SMILES string of the molecule is CN(CC(=O)Nc1ccc(F)cc1)C(=O)CSc1nnc(-c2cccs2)o1. The normalized spacial score (nSPS) is 10.6. The highest BCUT2D eigenvalue weighted by Crippen LogP contribution is 2.26. The molecule has 0 fully saturated rings. The number of aromatic nitrogens is 2. The van der Waals surface area contributed by atoms with E-state index in [-0.39, 0.29) is 35.2 Å². The summed E-state index contributed by atoms with van der Waals surface area (Å²) < 4.78 is 18.4. The first-order valence-corrected chi connectivity index (χ1v) is 9.67. The zero-order chi connectivity index (χ0) is 19.2. The first kappa shape index (κ1) is 19.1. The Morgan fingerprint density at radius 3 is 2.74 bits per heavy atom. The summed E-state index contributed by atoms with van der Waals surface area (Å²) >= 11 is 2.59. The molecular formula is C17H15FN4O3S2. The monoisotopic (exact) mass is 406 g/mol. The molecule has 2 aromatic heterocycles. The van der Waals surface area contributed by atoms with E-state index in [4.69, 9.17) is 4.42 Å². The summed E-state index contributed by atoms with van der Waals surface area (Å²) in [5, 5.41) is 12.6. The fourth-order valence-electron chi connectivity index (χ4n) is 2.04. The lowest BCUT2D eigenvalue weighted by molar-refractivity contribution is -0.131. The van der Waals surface area contributed by atoms with Gasteiger partial charge in [0.15, 0.2) is 0 Å². The van der Waals surface area contributed by atoms with Crippen LogP contribution in [0, 0.1) is 5.82 Å². The average Bonchev–Trinajstić information content (AvgIpc) is 3.33. The molecular weight excluding hydrogens is 391 g/mol. The van der Waals surface area contributed by atoms with Gasteiger partial charge in [-0.2, -0.15) is 0 Å². The van der Waals surface area contributed by atoms with Crippen molar-refractivity contribution in [3.8, 4) is 10.8 Å². The highest BCUT2D eigenvalue weighted by Gasteiger charge is 2.16. The zero-order valence-corrected chi connectivity index (χ0v) is 15.8. The average molecular weight is 406 g/mol. The Kier molecular flexibility index (Phi) is 6.20. The van der Waals surface area contributed by atoms with E-state index in [0.717, 1.165) is 16.6 Å². The van der Waals surface area contributed by atoms with Crippen molar-refractivity contribution in [3.05, 3.63) is 47.6 Å². The zero-order valence-electron chi connectivity index (χ0n) is 14.2. The van der Waals surface area contributed by atoms with Crippen molar-refractivity contribution >= 4 is 40.6 Å². The third-order valence-corrected chi connectivity index (χ3v) is 5.05. The molecule has 1 aromatic carbocycles. The summed E-state index contributed by atoms with van der Waals surface area (Å²) in [4.78, 5) is 26.3. The van der Waals surface area contributed by atoms with Crippen LogP contribution >= 0.6 is 23.1 Å². The smallest absolute Gasteiger partial charge is 0.277 e. The van der Waals surface area contributed by atoms with Crippen LogP contribution in [-0.2, 0) is 9.59 Å². The van der Waals surface area contributed by atoms with Gasteiger partial charge in [0, 0.05) is 12.7 Å². The van der Waals surface area contributed by atoms with Crippen molar-refractivity contribution in [2.45, 2.75) is 5.22 Å². The van der Waals surface area contributed by atoms with Crippen molar-refractivity contribution in [1.82, 2.24) is 15.1 Å². The van der Waals surface area contributed by atoms with Crippen molar-refractivity contribution < 1.29 is 18.4 Å². The molecule has 0 spiro atoms. The van der Waals surface area contributed by atoms with Crippen LogP contribution in [-0.4, -0.2) is 46.3 Å². The maximum absolute atomic E-state index is 12.9. The van der Waals surface area contributed by atoms with Crippen molar-refractivity contribution in [3.63, 3.8) is 0 Å². The molecule has 0 saturated carbocycles. The molecule has 2 amide bonds. The van der Waals surface area contributed by atoms with Gasteiger partial charge >= 0.3 is 0 Å². The largest absolute Gasteiger partial charge is 0.410 e. The lowest BCUT2D eigenvalue weighted by Crippen LogP contribution is -2.35. The minimum Gasteiger partial charge on any atom is -0.410 e. The lowest BCUT2D eigenvalue weighted by atomic mass is 10.3. The number of amides is 2. The summed E-state index contributed by atoms with van der Waals surface area (Å²) in [6.07, 6.45) is 0. The van der Waals surface area contributed by atoms with Gasteiger partial charge in [0.2, 0.25) is 11.8 Å². The van der Waals surface area contributed by atoms with Crippen LogP contribution in [0.3, 0.4) is 0 Å². The molecule has 0 radical (unpaired) electrons. The number of rotatable bonds is 7. The fourth-order valence-corrected chi connectivity index (χ4v) is 3.39. The number of thiophene rings is 1. The maximum atomic E-state index is 12.9. The summed E-state index contributed by atoms with van der Waals surface area (Å²) in [6, 6.07) is 9.14. The molecule has 140 valence electrons. The molecule has 0 atom stereocenters. The quantitative estimate of drug-likeness (QED) is 0.607. The summed E-state index contributed by atoms with van der Waals surface area (Å²) in [5.41, 5.74) is 0.462. The number of thioether (sulfide) groups is 1. The molecule has 10 heteroatoms. The van der Waals surface area contributed by atoms with Gasteiger partial charge in [0.25, 0.3) is 11.1 Å². The topological polar surface area (TPSA) is 88.3 Å². The molecule has 0 unspecified atom stereocenters. The number of halogens is 1. The van der Waals surface area contributed by atoms with E-state index in [2.05, 4.69) is 15.5 Å². The first-order valence-electron chi connectivity index (χ1n) is 7.81. The van der Waals surface area contributed by atoms with Crippen LogP contribution in [0.4, 0.5) is 10.1 Å². The molecule has 2 heterocycles. The summed E-state index contributed by atoms with van der Waals surface area (Å²) in [6.45, 7) is -0.124. The van der Waals surface area contributed by atoms with Crippen molar-refractivity contribution in [1.29, 1.82) is 0 Å². The lowest BCUT2D eigenvalue weighted by Gasteiger charge is -2.16. The number of anilines is 1. The standard InChI is InChI=1S/C17H15FN4O3S2/c1-22(9-14(23)19-12-6-4-11(18)5-7-12)15(24)10-27-17-21-20-16(25-17)13-3-2-8-26-13/h2-8H,9-10H2,1H3,(H,19,23). The molecule has 27 heavy (non-hydrogen) atoms. The van der Waals surface area contributed by atoms with E-state index >= 15 is 0 Å². The minimum absolute atomic E-state index is 0.0619. The van der Waals surface area contributed by atoms with Gasteiger partial charge in [0.05, 0.1) is 17.2 Å². The summed E-state index contributed by atoms with van der Waals surface area (Å²) in [5.74, 6) is -0.551. The number of nitrogens with zero attached hydrogens (tertiary/aromatic N) is 3. The number of benzene rings is 1. The fraction of sp³-hybridized carbons (Fsp3) is 0.176. The number of hydrogen-bond donors (Lipinski definition) is 1. The van der Waals surface area contributed by atoms with Gasteiger partial charge in [-0.3, -0.25) is 9.59 Å². The van der Waals surface area contributed by atoms with Crippen molar-refractivity contribution in [2.75, 3.05) is 24.7 Å². The van der Waals surface area contributed by atoms with E-state index in [1.807, 2.05) is 17.5 Å². The third-order valence-electron chi connectivity index (χ3n) is 3.39. The van der Waals surface area contributed by atoms with Gasteiger partial charge < -0.3 is 14.6 Å². The predicted molar refractivity (Wildman–Crippen MR) is 101 cm³/mol. The van der Waals surface area contributed by atoms with E-state index in [1.165, 1.54) is 47.5 Å². The van der Waals surface area contributed by atoms with Crippen LogP contribution in [0.25, 0.3) is 10.8 Å². The molecule has 3 aromatic rings.